The van der Waals surface area contributed by atoms with Crippen molar-refractivity contribution >= 4 is 11.7 Å². The fourth-order valence-corrected chi connectivity index (χ4v) is 3.77. The highest BCUT2D eigenvalue weighted by molar-refractivity contribution is 5.97. The van der Waals surface area contributed by atoms with Crippen LogP contribution in [-0.4, -0.2) is 43.3 Å². The number of ether oxygens (including phenoxy) is 1. The monoisotopic (exact) mass is 394 g/mol. The summed E-state index contributed by atoms with van der Waals surface area (Å²) in [7, 11) is 1.66. The molecule has 2 aromatic rings. The molecule has 1 aliphatic heterocycles. The van der Waals surface area contributed by atoms with Gasteiger partial charge >= 0.3 is 0 Å². The van der Waals surface area contributed by atoms with E-state index in [0.717, 1.165) is 30.0 Å². The summed E-state index contributed by atoms with van der Waals surface area (Å²) in [5.74, 6) is 0.739. The predicted octanol–water partition coefficient (Wildman–Crippen LogP) is 3.92. The van der Waals surface area contributed by atoms with E-state index in [9.17, 15) is 9.59 Å². The van der Waals surface area contributed by atoms with Gasteiger partial charge in [0.25, 0.3) is 0 Å². The molecule has 5 nitrogen and oxygen atoms in total. The van der Waals surface area contributed by atoms with Crippen LogP contribution in [0.25, 0.3) is 0 Å². The Kier molecular flexibility index (Phi) is 7.42. The second kappa shape index (κ2) is 10.2. The number of nitrogens with one attached hydrogen (secondary N) is 1. The number of ketones is 1. The van der Waals surface area contributed by atoms with Gasteiger partial charge in [0.15, 0.2) is 5.78 Å². The third-order valence-electron chi connectivity index (χ3n) is 5.51. The van der Waals surface area contributed by atoms with E-state index in [1.165, 1.54) is 12.8 Å². The number of nitrogens with zero attached hydrogens (tertiary/aromatic N) is 1. The number of amides is 1. The number of methoxy groups -OCH3 is 1. The number of hydrogen-bond acceptors (Lipinski definition) is 4. The summed E-state index contributed by atoms with van der Waals surface area (Å²) in [6.45, 7) is 4.58. The number of rotatable bonds is 9. The lowest BCUT2D eigenvalue weighted by Crippen LogP contribution is -2.36. The zero-order valence-electron chi connectivity index (χ0n) is 17.3. The predicted molar refractivity (Wildman–Crippen MR) is 114 cm³/mol. The highest BCUT2D eigenvalue weighted by atomic mass is 16.5. The van der Waals surface area contributed by atoms with Crippen molar-refractivity contribution in [1.29, 1.82) is 0 Å². The molecule has 154 valence electrons. The van der Waals surface area contributed by atoms with Gasteiger partial charge in [0.1, 0.15) is 5.75 Å². The van der Waals surface area contributed by atoms with Crippen molar-refractivity contribution in [2.45, 2.75) is 38.6 Å². The highest BCUT2D eigenvalue weighted by Gasteiger charge is 2.24. The van der Waals surface area contributed by atoms with E-state index >= 15 is 0 Å². The van der Waals surface area contributed by atoms with E-state index in [2.05, 4.69) is 16.3 Å². The van der Waals surface area contributed by atoms with Crippen LogP contribution >= 0.6 is 0 Å². The molecular weight excluding hydrogens is 364 g/mol. The van der Waals surface area contributed by atoms with Crippen LogP contribution in [0.1, 0.15) is 53.2 Å². The minimum Gasteiger partial charge on any atom is -0.497 e. The largest absolute Gasteiger partial charge is 0.497 e. The average Bonchev–Trinajstić information content (AvgIpc) is 3.27. The van der Waals surface area contributed by atoms with Gasteiger partial charge in [0.2, 0.25) is 5.91 Å². The van der Waals surface area contributed by atoms with Crippen molar-refractivity contribution in [3.8, 4) is 5.75 Å². The molecule has 1 N–H and O–H groups in total. The molecule has 0 spiro atoms. The molecule has 1 saturated heterocycles. The first kappa shape index (κ1) is 21.1. The summed E-state index contributed by atoms with van der Waals surface area (Å²) < 4.78 is 5.36. The summed E-state index contributed by atoms with van der Waals surface area (Å²) in [6, 6.07) is 15.6. The standard InChI is InChI=1S/C24H30N2O3/c1-18-8-10-19(11-9-18)23(27)12-13-24(28)25-17-22(26-14-3-4-15-26)20-6-5-7-21(16-20)29-2/h5-11,16,22H,3-4,12-15,17H2,1-2H3,(H,25,28). The third kappa shape index (κ3) is 5.91. The maximum atomic E-state index is 12.4. The Morgan fingerprint density at radius 3 is 2.48 bits per heavy atom. The fourth-order valence-electron chi connectivity index (χ4n) is 3.77. The quantitative estimate of drug-likeness (QED) is 0.655. The van der Waals surface area contributed by atoms with Crippen LogP contribution < -0.4 is 10.1 Å². The van der Waals surface area contributed by atoms with E-state index in [4.69, 9.17) is 4.74 Å². The number of Topliss-reactive ketones (excluding diaryl/α,β-unsaturated/α-hetero) is 1. The molecule has 1 fully saturated rings. The van der Waals surface area contributed by atoms with Crippen molar-refractivity contribution < 1.29 is 14.3 Å². The SMILES string of the molecule is COc1cccc(C(CNC(=O)CCC(=O)c2ccc(C)cc2)N2CCCC2)c1. The molecule has 1 atom stereocenters. The molecule has 29 heavy (non-hydrogen) atoms. The zero-order chi connectivity index (χ0) is 20.6. The maximum Gasteiger partial charge on any atom is 0.220 e. The second-order valence-electron chi connectivity index (χ2n) is 7.63. The molecule has 0 bridgehead atoms. The molecule has 1 aliphatic rings. The minimum atomic E-state index is -0.0856. The molecular formula is C24H30N2O3. The number of carbonyl (C=O) groups is 2. The average molecular weight is 395 g/mol. The van der Waals surface area contributed by atoms with Crippen molar-refractivity contribution in [3.05, 3.63) is 65.2 Å². The molecule has 3 rings (SSSR count). The van der Waals surface area contributed by atoms with Gasteiger partial charge in [-0.15, -0.1) is 0 Å². The Morgan fingerprint density at radius 2 is 1.79 bits per heavy atom. The van der Waals surface area contributed by atoms with Crippen molar-refractivity contribution in [2.75, 3.05) is 26.7 Å². The van der Waals surface area contributed by atoms with E-state index in [-0.39, 0.29) is 30.6 Å². The van der Waals surface area contributed by atoms with Crippen LogP contribution in [0.15, 0.2) is 48.5 Å². The number of aryl methyl sites for hydroxylation is 1. The first-order valence-electron chi connectivity index (χ1n) is 10.3. The normalized spacial score (nSPS) is 15.1. The van der Waals surface area contributed by atoms with Crippen molar-refractivity contribution in [1.82, 2.24) is 10.2 Å². The Hall–Kier alpha value is -2.66. The second-order valence-corrected chi connectivity index (χ2v) is 7.63. The molecule has 1 unspecified atom stereocenters. The maximum absolute atomic E-state index is 12.4. The third-order valence-corrected chi connectivity index (χ3v) is 5.51. The number of benzene rings is 2. The van der Waals surface area contributed by atoms with Crippen molar-refractivity contribution in [3.63, 3.8) is 0 Å². The lowest BCUT2D eigenvalue weighted by molar-refractivity contribution is -0.121. The van der Waals surface area contributed by atoms with E-state index in [1.807, 2.05) is 49.4 Å². The van der Waals surface area contributed by atoms with Crippen molar-refractivity contribution in [2.24, 2.45) is 0 Å². The van der Waals surface area contributed by atoms with E-state index in [1.54, 1.807) is 7.11 Å². The molecule has 0 saturated carbocycles. The molecule has 1 heterocycles. The summed E-state index contributed by atoms with van der Waals surface area (Å²) in [4.78, 5) is 27.1. The van der Waals surface area contributed by atoms with Gasteiger partial charge in [-0.1, -0.05) is 42.0 Å². The van der Waals surface area contributed by atoms with Crippen LogP contribution in [0.5, 0.6) is 5.75 Å². The summed E-state index contributed by atoms with van der Waals surface area (Å²) in [6.07, 6.45) is 2.79. The molecule has 0 aliphatic carbocycles. The number of likely N-dealkylation sites (tertiary alicyclic amines) is 1. The van der Waals surface area contributed by atoms with Crippen LogP contribution in [0, 0.1) is 6.92 Å². The molecule has 2 aromatic carbocycles. The first-order chi connectivity index (χ1) is 14.1. The van der Waals surface area contributed by atoms with Gasteiger partial charge in [-0.25, -0.2) is 0 Å². The van der Waals surface area contributed by atoms with Gasteiger partial charge in [-0.05, 0) is 50.6 Å². The summed E-state index contributed by atoms with van der Waals surface area (Å²) in [5, 5.41) is 3.04. The minimum absolute atomic E-state index is 0.00374. The topological polar surface area (TPSA) is 58.6 Å². The van der Waals surface area contributed by atoms with Gasteiger partial charge in [-0.3, -0.25) is 14.5 Å². The molecule has 5 heteroatoms. The Morgan fingerprint density at radius 1 is 1.07 bits per heavy atom. The smallest absolute Gasteiger partial charge is 0.220 e. The Bertz CT molecular complexity index is 826. The van der Waals surface area contributed by atoms with E-state index in [0.29, 0.717) is 12.1 Å². The van der Waals surface area contributed by atoms with Crippen LogP contribution in [-0.2, 0) is 4.79 Å². The Labute approximate surface area is 173 Å². The van der Waals surface area contributed by atoms with Crippen LogP contribution in [0.3, 0.4) is 0 Å². The molecule has 0 radical (unpaired) electrons. The van der Waals surface area contributed by atoms with Gasteiger partial charge in [0.05, 0.1) is 13.2 Å². The summed E-state index contributed by atoms with van der Waals surface area (Å²) in [5.41, 5.74) is 2.92. The van der Waals surface area contributed by atoms with Crippen LogP contribution in [0.2, 0.25) is 0 Å². The van der Waals surface area contributed by atoms with Gasteiger partial charge in [0, 0.05) is 24.9 Å². The molecule has 0 aromatic heterocycles. The highest BCUT2D eigenvalue weighted by Crippen LogP contribution is 2.27. The lowest BCUT2D eigenvalue weighted by atomic mass is 10.0. The Balaban J connectivity index is 1.56. The summed E-state index contributed by atoms with van der Waals surface area (Å²) >= 11 is 0. The zero-order valence-corrected chi connectivity index (χ0v) is 17.3. The molecule has 1 amide bonds. The first-order valence-corrected chi connectivity index (χ1v) is 10.3. The number of hydrogen-bond donors (Lipinski definition) is 1. The van der Waals surface area contributed by atoms with Gasteiger partial charge < -0.3 is 10.1 Å². The lowest BCUT2D eigenvalue weighted by Gasteiger charge is -2.28. The van der Waals surface area contributed by atoms with Crippen LogP contribution in [0.4, 0.5) is 0 Å². The fraction of sp³-hybridized carbons (Fsp3) is 0.417. The van der Waals surface area contributed by atoms with Gasteiger partial charge in [-0.2, -0.15) is 0 Å². The van der Waals surface area contributed by atoms with E-state index < -0.39 is 0 Å². The number of carbonyl (C=O) groups excluding carboxylic acids is 2.